The Hall–Kier alpha value is -3.06. The van der Waals surface area contributed by atoms with Gasteiger partial charge in [0, 0.05) is 44.5 Å². The van der Waals surface area contributed by atoms with Gasteiger partial charge in [-0.15, -0.1) is 0 Å². The van der Waals surface area contributed by atoms with Crippen molar-refractivity contribution in [2.75, 3.05) is 50.8 Å². The Labute approximate surface area is 189 Å². The lowest BCUT2D eigenvalue weighted by Crippen LogP contribution is -2.47. The van der Waals surface area contributed by atoms with E-state index in [-0.39, 0.29) is 18.5 Å². The zero-order chi connectivity index (χ0) is 22.3. The quantitative estimate of drug-likeness (QED) is 0.699. The largest absolute Gasteiger partial charge is 0.378 e. The molecule has 0 spiro atoms. The summed E-state index contributed by atoms with van der Waals surface area (Å²) < 4.78 is 5.37. The Morgan fingerprint density at radius 2 is 1.75 bits per heavy atom. The number of nitrogens with zero attached hydrogens (tertiary/aromatic N) is 2. The van der Waals surface area contributed by atoms with Crippen LogP contribution >= 0.6 is 0 Å². The summed E-state index contributed by atoms with van der Waals surface area (Å²) >= 11 is 0. The van der Waals surface area contributed by atoms with E-state index in [1.165, 1.54) is 11.3 Å². The number of nitrogens with one attached hydrogen (secondary N) is 2. The van der Waals surface area contributed by atoms with Gasteiger partial charge < -0.3 is 25.2 Å². The topological polar surface area (TPSA) is 73.9 Å². The molecule has 2 aliphatic rings. The number of ether oxygens (including phenoxy) is 1. The molecule has 7 heteroatoms. The second-order valence-corrected chi connectivity index (χ2v) is 8.41. The molecular weight excluding hydrogens is 404 g/mol. The molecule has 0 aliphatic carbocycles. The van der Waals surface area contributed by atoms with E-state index in [4.69, 9.17) is 4.74 Å². The maximum Gasteiger partial charge on any atom is 0.314 e. The summed E-state index contributed by atoms with van der Waals surface area (Å²) in [5.74, 6) is -0.382. The van der Waals surface area contributed by atoms with Crippen molar-refractivity contribution in [3.63, 3.8) is 0 Å². The lowest BCUT2D eigenvalue weighted by atomic mass is 9.97. The highest BCUT2D eigenvalue weighted by atomic mass is 16.5. The average molecular weight is 437 g/mol. The third-order valence-corrected chi connectivity index (χ3v) is 6.28. The van der Waals surface area contributed by atoms with Crippen LogP contribution in [0.2, 0.25) is 0 Å². The van der Waals surface area contributed by atoms with E-state index in [1.54, 1.807) is 0 Å². The number of anilines is 1. The van der Waals surface area contributed by atoms with Gasteiger partial charge in [-0.05, 0) is 30.5 Å². The fourth-order valence-corrected chi connectivity index (χ4v) is 4.55. The van der Waals surface area contributed by atoms with Gasteiger partial charge in [-0.2, -0.15) is 0 Å². The third kappa shape index (κ3) is 5.22. The number of hydrogen-bond acceptors (Lipinski definition) is 4. The van der Waals surface area contributed by atoms with Gasteiger partial charge >= 0.3 is 6.03 Å². The highest BCUT2D eigenvalue weighted by Crippen LogP contribution is 2.31. The number of amides is 3. The number of urea groups is 1. The standard InChI is InChI=1S/C25H32N4O3/c1-19-17-21-9-5-6-10-23(21)29(19)12-11-26-25(31)27-18-22(20-7-3-2-4-8-20)24(30)28-13-15-32-16-14-28/h2-10,19,22H,11-18H2,1H3,(H2,26,27,31). The molecule has 2 N–H and O–H groups in total. The molecule has 0 aromatic heterocycles. The maximum absolute atomic E-state index is 13.1. The van der Waals surface area contributed by atoms with Crippen molar-refractivity contribution in [3.05, 3.63) is 65.7 Å². The van der Waals surface area contributed by atoms with Crippen LogP contribution in [0.3, 0.4) is 0 Å². The number of carbonyl (C=O) groups is 2. The van der Waals surface area contributed by atoms with Crippen LogP contribution in [0.15, 0.2) is 54.6 Å². The highest BCUT2D eigenvalue weighted by Gasteiger charge is 2.28. The van der Waals surface area contributed by atoms with Gasteiger partial charge in [-0.3, -0.25) is 4.79 Å². The summed E-state index contributed by atoms with van der Waals surface area (Å²) in [6, 6.07) is 18.3. The van der Waals surface area contributed by atoms with E-state index in [0.717, 1.165) is 18.5 Å². The van der Waals surface area contributed by atoms with Crippen LogP contribution in [-0.2, 0) is 16.0 Å². The molecule has 0 radical (unpaired) electrons. The second-order valence-electron chi connectivity index (χ2n) is 8.41. The Morgan fingerprint density at radius 3 is 2.53 bits per heavy atom. The Kier molecular flexibility index (Phi) is 7.27. The van der Waals surface area contributed by atoms with Crippen molar-refractivity contribution in [2.45, 2.75) is 25.3 Å². The fraction of sp³-hybridized carbons (Fsp3) is 0.440. The summed E-state index contributed by atoms with van der Waals surface area (Å²) in [6.07, 6.45) is 1.03. The zero-order valence-corrected chi connectivity index (χ0v) is 18.6. The van der Waals surface area contributed by atoms with Crippen molar-refractivity contribution in [2.24, 2.45) is 0 Å². The Balaban J connectivity index is 1.30. The van der Waals surface area contributed by atoms with Crippen LogP contribution in [0, 0.1) is 0 Å². The first kappa shape index (κ1) is 22.1. The van der Waals surface area contributed by atoms with E-state index >= 15 is 0 Å². The molecule has 7 nitrogen and oxygen atoms in total. The van der Waals surface area contributed by atoms with Crippen molar-refractivity contribution >= 4 is 17.6 Å². The van der Waals surface area contributed by atoms with Crippen LogP contribution < -0.4 is 15.5 Å². The van der Waals surface area contributed by atoms with Gasteiger partial charge in [-0.1, -0.05) is 48.5 Å². The minimum Gasteiger partial charge on any atom is -0.378 e. The van der Waals surface area contributed by atoms with Gasteiger partial charge in [0.05, 0.1) is 19.1 Å². The van der Waals surface area contributed by atoms with Gasteiger partial charge in [0.25, 0.3) is 0 Å². The molecule has 32 heavy (non-hydrogen) atoms. The zero-order valence-electron chi connectivity index (χ0n) is 18.6. The highest BCUT2D eigenvalue weighted by molar-refractivity contribution is 5.85. The first-order chi connectivity index (χ1) is 15.6. The van der Waals surface area contributed by atoms with Crippen molar-refractivity contribution < 1.29 is 14.3 Å². The number of benzene rings is 2. The molecule has 0 saturated carbocycles. The van der Waals surface area contributed by atoms with Crippen molar-refractivity contribution in [3.8, 4) is 0 Å². The molecule has 2 aromatic rings. The van der Waals surface area contributed by atoms with Gasteiger partial charge in [-0.25, -0.2) is 4.79 Å². The molecule has 2 unspecified atom stereocenters. The molecular formula is C25H32N4O3. The van der Waals surface area contributed by atoms with E-state index in [1.807, 2.05) is 35.2 Å². The molecule has 2 aromatic carbocycles. The lowest BCUT2D eigenvalue weighted by Gasteiger charge is -2.30. The number of para-hydroxylation sites is 1. The fourth-order valence-electron chi connectivity index (χ4n) is 4.55. The minimum absolute atomic E-state index is 0.0299. The SMILES string of the molecule is CC1Cc2ccccc2N1CCNC(=O)NCC(C(=O)N1CCOCC1)c1ccccc1. The van der Waals surface area contributed by atoms with Crippen LogP contribution in [0.25, 0.3) is 0 Å². The third-order valence-electron chi connectivity index (χ3n) is 6.28. The van der Waals surface area contributed by atoms with Gasteiger partial charge in [0.1, 0.15) is 0 Å². The molecule has 1 saturated heterocycles. The number of fused-ring (bicyclic) bond motifs is 1. The summed E-state index contributed by atoms with van der Waals surface area (Å²) in [5.41, 5.74) is 3.52. The second kappa shape index (κ2) is 10.5. The first-order valence-electron chi connectivity index (χ1n) is 11.4. The predicted molar refractivity (Wildman–Crippen MR) is 125 cm³/mol. The van der Waals surface area contributed by atoms with Crippen LogP contribution in [0.5, 0.6) is 0 Å². The minimum atomic E-state index is -0.412. The smallest absolute Gasteiger partial charge is 0.314 e. The van der Waals surface area contributed by atoms with Gasteiger partial charge in [0.2, 0.25) is 5.91 Å². The van der Waals surface area contributed by atoms with E-state index in [9.17, 15) is 9.59 Å². The molecule has 4 rings (SSSR count). The monoisotopic (exact) mass is 436 g/mol. The molecule has 2 aliphatic heterocycles. The number of carbonyl (C=O) groups excluding carboxylic acids is 2. The molecule has 0 bridgehead atoms. The molecule has 2 atom stereocenters. The molecule has 3 amide bonds. The lowest BCUT2D eigenvalue weighted by molar-refractivity contribution is -0.136. The maximum atomic E-state index is 13.1. The number of rotatable bonds is 7. The molecule has 1 fully saturated rings. The number of hydrogen-bond donors (Lipinski definition) is 2. The van der Waals surface area contributed by atoms with E-state index in [0.29, 0.717) is 38.9 Å². The van der Waals surface area contributed by atoms with E-state index in [2.05, 4.69) is 46.7 Å². The molecule has 170 valence electrons. The Bertz CT molecular complexity index is 914. The number of morpholine rings is 1. The summed E-state index contributed by atoms with van der Waals surface area (Å²) in [6.45, 7) is 6.04. The van der Waals surface area contributed by atoms with Crippen LogP contribution in [0.1, 0.15) is 24.0 Å². The normalized spacial score (nSPS) is 18.7. The van der Waals surface area contributed by atoms with Gasteiger partial charge in [0.15, 0.2) is 0 Å². The first-order valence-corrected chi connectivity index (χ1v) is 11.4. The average Bonchev–Trinajstić information content (AvgIpc) is 3.15. The van der Waals surface area contributed by atoms with Crippen molar-refractivity contribution in [1.29, 1.82) is 0 Å². The van der Waals surface area contributed by atoms with Crippen molar-refractivity contribution in [1.82, 2.24) is 15.5 Å². The summed E-state index contributed by atoms with van der Waals surface area (Å²) in [4.78, 5) is 29.8. The summed E-state index contributed by atoms with van der Waals surface area (Å²) in [5, 5.41) is 5.86. The summed E-state index contributed by atoms with van der Waals surface area (Å²) in [7, 11) is 0. The predicted octanol–water partition coefficient (Wildman–Crippen LogP) is 2.38. The van der Waals surface area contributed by atoms with Crippen LogP contribution in [-0.4, -0.2) is 68.8 Å². The van der Waals surface area contributed by atoms with Crippen LogP contribution in [0.4, 0.5) is 10.5 Å². The Morgan fingerprint density at radius 1 is 1.03 bits per heavy atom. The molecule has 2 heterocycles. The van der Waals surface area contributed by atoms with E-state index < -0.39 is 5.92 Å².